The second kappa shape index (κ2) is 6.08. The van der Waals surface area contributed by atoms with E-state index in [1.54, 1.807) is 18.5 Å². The molecule has 0 saturated carbocycles. The van der Waals surface area contributed by atoms with E-state index in [4.69, 9.17) is 16.3 Å². The maximum atomic E-state index is 5.92. The fourth-order valence-electron chi connectivity index (χ4n) is 2.20. The Labute approximate surface area is 127 Å². The number of nitrogens with zero attached hydrogens (tertiary/aromatic N) is 2. The summed E-state index contributed by atoms with van der Waals surface area (Å²) in [5.41, 5.74) is 1.13. The average molecular weight is 300 g/mol. The van der Waals surface area contributed by atoms with Crippen LogP contribution < -0.4 is 10.1 Å². The Morgan fingerprint density at radius 1 is 1.14 bits per heavy atom. The quantitative estimate of drug-likeness (QED) is 0.796. The number of pyridine rings is 2. The number of halogens is 1. The van der Waals surface area contributed by atoms with Crippen molar-refractivity contribution in [3.05, 3.63) is 59.5 Å². The molecule has 3 rings (SSSR count). The van der Waals surface area contributed by atoms with E-state index in [-0.39, 0.29) is 0 Å². The molecular formula is C16H14ClN3O. The van der Waals surface area contributed by atoms with Gasteiger partial charge in [-0.05, 0) is 24.1 Å². The van der Waals surface area contributed by atoms with E-state index in [9.17, 15) is 0 Å². The van der Waals surface area contributed by atoms with Gasteiger partial charge in [0.1, 0.15) is 5.75 Å². The molecule has 0 amide bonds. The van der Waals surface area contributed by atoms with E-state index >= 15 is 0 Å². The summed E-state index contributed by atoms with van der Waals surface area (Å²) in [7, 11) is 1.91. The highest BCUT2D eigenvalue weighted by Crippen LogP contribution is 2.30. The van der Waals surface area contributed by atoms with Gasteiger partial charge in [-0.3, -0.25) is 4.98 Å². The van der Waals surface area contributed by atoms with Gasteiger partial charge in [-0.1, -0.05) is 29.8 Å². The minimum atomic E-state index is 0.531. The van der Waals surface area contributed by atoms with Gasteiger partial charge in [0.15, 0.2) is 0 Å². The van der Waals surface area contributed by atoms with Gasteiger partial charge in [0, 0.05) is 30.4 Å². The molecule has 2 aromatic heterocycles. The lowest BCUT2D eigenvalue weighted by Crippen LogP contribution is -2.06. The summed E-state index contributed by atoms with van der Waals surface area (Å²) in [5.74, 6) is 1.12. The fourth-order valence-corrected chi connectivity index (χ4v) is 2.36. The first kappa shape index (κ1) is 13.8. The Morgan fingerprint density at radius 3 is 2.71 bits per heavy atom. The van der Waals surface area contributed by atoms with E-state index in [0.29, 0.717) is 16.7 Å². The molecule has 0 unspecified atom stereocenters. The number of rotatable bonds is 4. The third-order valence-electron chi connectivity index (χ3n) is 3.10. The number of ether oxygens (including phenoxy) is 1. The number of nitrogens with one attached hydrogen (secondary N) is 1. The van der Waals surface area contributed by atoms with Gasteiger partial charge in [0.05, 0.1) is 11.2 Å². The molecule has 106 valence electrons. The molecule has 2 heterocycles. The lowest BCUT2D eigenvalue weighted by Gasteiger charge is -2.11. The van der Waals surface area contributed by atoms with Crippen LogP contribution >= 0.6 is 11.6 Å². The zero-order valence-corrected chi connectivity index (χ0v) is 12.3. The number of hydrogen-bond donors (Lipinski definition) is 1. The molecule has 0 aliphatic carbocycles. The largest absolute Gasteiger partial charge is 0.437 e. The number of aromatic nitrogens is 2. The molecular weight excluding hydrogens is 286 g/mol. The molecule has 5 heteroatoms. The zero-order chi connectivity index (χ0) is 14.7. The van der Waals surface area contributed by atoms with Crippen LogP contribution in [0.25, 0.3) is 10.8 Å². The first-order valence-electron chi connectivity index (χ1n) is 6.57. The predicted octanol–water partition coefficient (Wildman–Crippen LogP) is 3.79. The minimum Gasteiger partial charge on any atom is -0.437 e. The van der Waals surface area contributed by atoms with Crippen molar-refractivity contribution in [2.75, 3.05) is 7.05 Å². The molecule has 0 atom stereocenters. The van der Waals surface area contributed by atoms with Crippen LogP contribution in [0.3, 0.4) is 0 Å². The molecule has 1 aromatic carbocycles. The molecule has 0 fully saturated rings. The van der Waals surface area contributed by atoms with Crippen LogP contribution in [-0.2, 0) is 6.54 Å². The molecule has 21 heavy (non-hydrogen) atoms. The smallest absolute Gasteiger partial charge is 0.227 e. The van der Waals surface area contributed by atoms with E-state index in [0.717, 1.165) is 22.9 Å². The predicted molar refractivity (Wildman–Crippen MR) is 83.8 cm³/mol. The topological polar surface area (TPSA) is 47.0 Å². The molecule has 0 aliphatic heterocycles. The molecule has 0 spiro atoms. The summed E-state index contributed by atoms with van der Waals surface area (Å²) < 4.78 is 5.83. The van der Waals surface area contributed by atoms with Crippen LogP contribution in [-0.4, -0.2) is 17.0 Å². The standard InChI is InChI=1S/C16H14ClN3O/c1-18-7-11-8-20-16(15-5-3-2-4-14(11)15)21-13-6-12(17)9-19-10-13/h2-6,8-10,18H,7H2,1H3. The Balaban J connectivity index is 2.05. The third-order valence-corrected chi connectivity index (χ3v) is 3.31. The van der Waals surface area contributed by atoms with Crippen molar-refractivity contribution in [3.63, 3.8) is 0 Å². The maximum Gasteiger partial charge on any atom is 0.227 e. The van der Waals surface area contributed by atoms with Crippen molar-refractivity contribution >= 4 is 22.4 Å². The molecule has 4 nitrogen and oxygen atoms in total. The first-order valence-corrected chi connectivity index (χ1v) is 6.95. The lowest BCUT2D eigenvalue weighted by atomic mass is 10.1. The fraction of sp³-hybridized carbons (Fsp3) is 0.125. The van der Waals surface area contributed by atoms with Crippen molar-refractivity contribution in [3.8, 4) is 11.6 Å². The summed E-state index contributed by atoms with van der Waals surface area (Å²) in [5, 5.41) is 5.76. The van der Waals surface area contributed by atoms with Gasteiger partial charge in [-0.2, -0.15) is 0 Å². The molecule has 0 aliphatic rings. The van der Waals surface area contributed by atoms with Crippen molar-refractivity contribution in [1.29, 1.82) is 0 Å². The molecule has 3 aromatic rings. The van der Waals surface area contributed by atoms with Gasteiger partial charge in [0.2, 0.25) is 5.88 Å². The first-order chi connectivity index (χ1) is 10.3. The SMILES string of the molecule is CNCc1cnc(Oc2cncc(Cl)c2)c2ccccc12. The summed E-state index contributed by atoms with van der Waals surface area (Å²) >= 11 is 5.92. The Kier molecular flexibility index (Phi) is 3.99. The Morgan fingerprint density at radius 2 is 1.95 bits per heavy atom. The van der Waals surface area contributed by atoms with Crippen LogP contribution in [0.1, 0.15) is 5.56 Å². The van der Waals surface area contributed by atoms with E-state index < -0.39 is 0 Å². The second-order valence-electron chi connectivity index (χ2n) is 4.61. The lowest BCUT2D eigenvalue weighted by molar-refractivity contribution is 0.466. The highest BCUT2D eigenvalue weighted by molar-refractivity contribution is 6.30. The highest BCUT2D eigenvalue weighted by atomic mass is 35.5. The van der Waals surface area contributed by atoms with Crippen molar-refractivity contribution in [2.24, 2.45) is 0 Å². The monoisotopic (exact) mass is 299 g/mol. The van der Waals surface area contributed by atoms with Gasteiger partial charge in [-0.15, -0.1) is 0 Å². The molecule has 0 saturated heterocycles. The normalized spacial score (nSPS) is 10.8. The molecule has 0 radical (unpaired) electrons. The van der Waals surface area contributed by atoms with Crippen LogP contribution in [0, 0.1) is 0 Å². The second-order valence-corrected chi connectivity index (χ2v) is 5.04. The van der Waals surface area contributed by atoms with Gasteiger partial charge in [-0.25, -0.2) is 4.98 Å². The van der Waals surface area contributed by atoms with Crippen LogP contribution in [0.4, 0.5) is 0 Å². The average Bonchev–Trinajstić information content (AvgIpc) is 2.50. The number of fused-ring (bicyclic) bond motifs is 1. The summed E-state index contributed by atoms with van der Waals surface area (Å²) in [6.45, 7) is 0.756. The van der Waals surface area contributed by atoms with Crippen LogP contribution in [0.5, 0.6) is 11.6 Å². The molecule has 0 bridgehead atoms. The highest BCUT2D eigenvalue weighted by Gasteiger charge is 2.09. The Hall–Kier alpha value is -2.17. The zero-order valence-electron chi connectivity index (χ0n) is 11.5. The van der Waals surface area contributed by atoms with Gasteiger partial charge < -0.3 is 10.1 Å². The number of benzene rings is 1. The van der Waals surface area contributed by atoms with Crippen LogP contribution in [0.2, 0.25) is 5.02 Å². The minimum absolute atomic E-state index is 0.531. The van der Waals surface area contributed by atoms with E-state index in [1.807, 2.05) is 31.4 Å². The maximum absolute atomic E-state index is 5.92. The molecule has 1 N–H and O–H groups in total. The van der Waals surface area contributed by atoms with Crippen molar-refractivity contribution in [1.82, 2.24) is 15.3 Å². The summed E-state index contributed by atoms with van der Waals surface area (Å²) in [6, 6.07) is 9.75. The third kappa shape index (κ3) is 2.96. The number of hydrogen-bond acceptors (Lipinski definition) is 4. The summed E-state index contributed by atoms with van der Waals surface area (Å²) in [6.07, 6.45) is 5.01. The van der Waals surface area contributed by atoms with Gasteiger partial charge in [0.25, 0.3) is 0 Å². The Bertz CT molecular complexity index is 776. The van der Waals surface area contributed by atoms with E-state index in [1.165, 1.54) is 0 Å². The summed E-state index contributed by atoms with van der Waals surface area (Å²) in [4.78, 5) is 8.43. The van der Waals surface area contributed by atoms with Crippen LogP contribution in [0.15, 0.2) is 48.9 Å². The van der Waals surface area contributed by atoms with E-state index in [2.05, 4.69) is 21.4 Å². The van der Waals surface area contributed by atoms with Crippen molar-refractivity contribution in [2.45, 2.75) is 6.54 Å². The van der Waals surface area contributed by atoms with Crippen molar-refractivity contribution < 1.29 is 4.74 Å². The van der Waals surface area contributed by atoms with Gasteiger partial charge >= 0.3 is 0 Å².